The minimum atomic E-state index is -0.154. The van der Waals surface area contributed by atoms with Gasteiger partial charge in [-0.05, 0) is 41.3 Å². The van der Waals surface area contributed by atoms with E-state index in [0.29, 0.717) is 22.7 Å². The maximum absolute atomic E-state index is 12.8. The van der Waals surface area contributed by atoms with Gasteiger partial charge in [0.2, 0.25) is 6.79 Å². The van der Waals surface area contributed by atoms with Crippen molar-refractivity contribution in [2.45, 2.75) is 13.3 Å². The predicted octanol–water partition coefficient (Wildman–Crippen LogP) is 4.90. The molecule has 130 valence electrons. The van der Waals surface area contributed by atoms with Gasteiger partial charge in [-0.15, -0.1) is 0 Å². The predicted molar refractivity (Wildman–Crippen MR) is 102 cm³/mol. The first kappa shape index (κ1) is 16.2. The first-order valence-corrected chi connectivity index (χ1v) is 8.64. The van der Waals surface area contributed by atoms with Crippen LogP contribution in [0.15, 0.2) is 66.7 Å². The molecule has 3 aromatic carbocycles. The zero-order valence-corrected chi connectivity index (χ0v) is 14.5. The summed E-state index contributed by atoms with van der Waals surface area (Å²) in [7, 11) is 0. The lowest BCUT2D eigenvalue weighted by molar-refractivity contribution is 0.102. The number of amides is 1. The van der Waals surface area contributed by atoms with Crippen molar-refractivity contribution in [1.82, 2.24) is 0 Å². The van der Waals surface area contributed by atoms with Crippen molar-refractivity contribution in [3.63, 3.8) is 0 Å². The Morgan fingerprint density at radius 1 is 0.962 bits per heavy atom. The van der Waals surface area contributed by atoms with Crippen molar-refractivity contribution in [1.29, 1.82) is 0 Å². The van der Waals surface area contributed by atoms with Crippen LogP contribution in [0.5, 0.6) is 11.5 Å². The fourth-order valence-corrected chi connectivity index (χ4v) is 3.03. The smallest absolute Gasteiger partial charge is 0.256 e. The summed E-state index contributed by atoms with van der Waals surface area (Å²) in [6.07, 6.45) is 0.993. The minimum Gasteiger partial charge on any atom is -0.454 e. The maximum atomic E-state index is 12.8. The van der Waals surface area contributed by atoms with E-state index < -0.39 is 0 Å². The number of aryl methyl sites for hydroxylation is 1. The van der Waals surface area contributed by atoms with E-state index in [0.717, 1.165) is 17.5 Å². The van der Waals surface area contributed by atoms with E-state index >= 15 is 0 Å². The third-order valence-electron chi connectivity index (χ3n) is 4.48. The molecule has 1 N–H and O–H groups in total. The average Bonchev–Trinajstić information content (AvgIpc) is 3.16. The van der Waals surface area contributed by atoms with Crippen molar-refractivity contribution in [3.8, 4) is 22.6 Å². The molecule has 0 aliphatic carbocycles. The zero-order valence-electron chi connectivity index (χ0n) is 14.5. The van der Waals surface area contributed by atoms with Gasteiger partial charge in [-0.1, -0.05) is 49.4 Å². The fraction of sp³-hybridized carbons (Fsp3) is 0.136. The third-order valence-corrected chi connectivity index (χ3v) is 4.48. The SMILES string of the molecule is CCc1ccc(-c2ccccc2C(=O)Nc2ccc3c(c2)OCO3)cc1. The van der Waals surface area contributed by atoms with Gasteiger partial charge in [0.05, 0.1) is 0 Å². The summed E-state index contributed by atoms with van der Waals surface area (Å²) in [5.74, 6) is 1.18. The van der Waals surface area contributed by atoms with Gasteiger partial charge in [-0.3, -0.25) is 4.79 Å². The van der Waals surface area contributed by atoms with Crippen LogP contribution in [-0.2, 0) is 6.42 Å². The molecule has 4 rings (SSSR count). The number of anilines is 1. The van der Waals surface area contributed by atoms with Crippen LogP contribution >= 0.6 is 0 Å². The molecule has 1 aliphatic heterocycles. The van der Waals surface area contributed by atoms with Gasteiger partial charge in [0.15, 0.2) is 11.5 Å². The highest BCUT2D eigenvalue weighted by Gasteiger charge is 2.16. The Balaban J connectivity index is 1.62. The number of ether oxygens (including phenoxy) is 2. The first-order valence-electron chi connectivity index (χ1n) is 8.64. The molecule has 3 aromatic rings. The maximum Gasteiger partial charge on any atom is 0.256 e. The molecule has 1 amide bonds. The normalized spacial score (nSPS) is 12.0. The summed E-state index contributed by atoms with van der Waals surface area (Å²) in [5, 5.41) is 2.95. The Morgan fingerprint density at radius 2 is 1.73 bits per heavy atom. The summed E-state index contributed by atoms with van der Waals surface area (Å²) in [6, 6.07) is 21.3. The van der Waals surface area contributed by atoms with Crippen molar-refractivity contribution in [2.75, 3.05) is 12.1 Å². The summed E-state index contributed by atoms with van der Waals surface area (Å²) >= 11 is 0. The van der Waals surface area contributed by atoms with Crippen LogP contribution in [0, 0.1) is 0 Å². The monoisotopic (exact) mass is 345 g/mol. The average molecular weight is 345 g/mol. The molecule has 0 atom stereocenters. The fourth-order valence-electron chi connectivity index (χ4n) is 3.03. The number of benzene rings is 3. The lowest BCUT2D eigenvalue weighted by Crippen LogP contribution is -2.13. The van der Waals surface area contributed by atoms with Crippen LogP contribution in [0.4, 0.5) is 5.69 Å². The van der Waals surface area contributed by atoms with E-state index in [9.17, 15) is 4.79 Å². The lowest BCUT2D eigenvalue weighted by atomic mass is 9.98. The molecule has 1 aliphatic rings. The molecular weight excluding hydrogens is 326 g/mol. The molecular formula is C22H19NO3. The molecule has 0 fully saturated rings. The second kappa shape index (κ2) is 6.92. The number of rotatable bonds is 4. The van der Waals surface area contributed by atoms with Crippen LogP contribution < -0.4 is 14.8 Å². The Hall–Kier alpha value is -3.27. The van der Waals surface area contributed by atoms with E-state index in [1.807, 2.05) is 30.3 Å². The van der Waals surface area contributed by atoms with E-state index in [2.05, 4.69) is 36.5 Å². The highest BCUT2D eigenvalue weighted by molar-refractivity contribution is 6.08. The van der Waals surface area contributed by atoms with Gasteiger partial charge in [0.1, 0.15) is 0 Å². The number of carbonyl (C=O) groups excluding carboxylic acids is 1. The van der Waals surface area contributed by atoms with Crippen molar-refractivity contribution in [3.05, 3.63) is 77.9 Å². The topological polar surface area (TPSA) is 47.6 Å². The van der Waals surface area contributed by atoms with Gasteiger partial charge in [-0.25, -0.2) is 0 Å². The number of hydrogen-bond acceptors (Lipinski definition) is 3. The van der Waals surface area contributed by atoms with Crippen LogP contribution in [0.3, 0.4) is 0 Å². The molecule has 0 saturated carbocycles. The largest absolute Gasteiger partial charge is 0.454 e. The summed E-state index contributed by atoms with van der Waals surface area (Å²) in [6.45, 7) is 2.34. The lowest BCUT2D eigenvalue weighted by Gasteiger charge is -2.11. The summed E-state index contributed by atoms with van der Waals surface area (Å²) in [4.78, 5) is 12.8. The second-order valence-electron chi connectivity index (χ2n) is 6.12. The second-order valence-corrected chi connectivity index (χ2v) is 6.12. The van der Waals surface area contributed by atoms with Crippen LogP contribution in [-0.4, -0.2) is 12.7 Å². The highest BCUT2D eigenvalue weighted by Crippen LogP contribution is 2.34. The van der Waals surface area contributed by atoms with Crippen LogP contribution in [0.25, 0.3) is 11.1 Å². The Morgan fingerprint density at radius 3 is 2.54 bits per heavy atom. The van der Waals surface area contributed by atoms with Gasteiger partial charge in [0.25, 0.3) is 5.91 Å². The Labute approximate surface area is 152 Å². The molecule has 0 saturated heterocycles. The standard InChI is InChI=1S/C22H19NO3/c1-2-15-7-9-16(10-8-15)18-5-3-4-6-19(18)22(24)23-17-11-12-20-21(13-17)26-14-25-20/h3-13H,2,14H2,1H3,(H,23,24). The molecule has 0 spiro atoms. The molecule has 1 heterocycles. The van der Waals surface area contributed by atoms with Gasteiger partial charge >= 0.3 is 0 Å². The number of nitrogens with one attached hydrogen (secondary N) is 1. The number of carbonyl (C=O) groups is 1. The molecule has 0 unspecified atom stereocenters. The van der Waals surface area contributed by atoms with E-state index in [1.165, 1.54) is 5.56 Å². The van der Waals surface area contributed by atoms with Crippen molar-refractivity contribution >= 4 is 11.6 Å². The van der Waals surface area contributed by atoms with E-state index in [-0.39, 0.29) is 12.7 Å². The minimum absolute atomic E-state index is 0.154. The van der Waals surface area contributed by atoms with E-state index in [4.69, 9.17) is 9.47 Å². The first-order chi connectivity index (χ1) is 12.7. The Kier molecular flexibility index (Phi) is 4.32. The summed E-state index contributed by atoms with van der Waals surface area (Å²) in [5.41, 5.74) is 4.52. The van der Waals surface area contributed by atoms with Crippen LogP contribution in [0.2, 0.25) is 0 Å². The molecule has 4 nitrogen and oxygen atoms in total. The van der Waals surface area contributed by atoms with E-state index in [1.54, 1.807) is 12.1 Å². The Bertz CT molecular complexity index is 948. The molecule has 0 bridgehead atoms. The number of fused-ring (bicyclic) bond motifs is 1. The third kappa shape index (κ3) is 3.14. The summed E-state index contributed by atoms with van der Waals surface area (Å²) < 4.78 is 10.7. The van der Waals surface area contributed by atoms with Gasteiger partial charge in [0, 0.05) is 17.3 Å². The molecule has 26 heavy (non-hydrogen) atoms. The quantitative estimate of drug-likeness (QED) is 0.732. The van der Waals surface area contributed by atoms with Gasteiger partial charge < -0.3 is 14.8 Å². The van der Waals surface area contributed by atoms with Crippen LogP contribution in [0.1, 0.15) is 22.8 Å². The molecule has 0 radical (unpaired) electrons. The highest BCUT2D eigenvalue weighted by atomic mass is 16.7. The zero-order chi connectivity index (χ0) is 17.9. The van der Waals surface area contributed by atoms with Crippen molar-refractivity contribution < 1.29 is 14.3 Å². The molecule has 4 heteroatoms. The van der Waals surface area contributed by atoms with Gasteiger partial charge in [-0.2, -0.15) is 0 Å². The number of hydrogen-bond donors (Lipinski definition) is 1. The molecule has 0 aromatic heterocycles. The van der Waals surface area contributed by atoms with Crippen molar-refractivity contribution in [2.24, 2.45) is 0 Å².